The number of dihydropyridines is 1. The number of fused-ring (bicyclic) bond motifs is 1. The Bertz CT molecular complexity index is 786. The van der Waals surface area contributed by atoms with Gasteiger partial charge in [0.15, 0.2) is 0 Å². The first-order valence-corrected chi connectivity index (χ1v) is 9.16. The van der Waals surface area contributed by atoms with Crippen LogP contribution >= 0.6 is 15.9 Å². The van der Waals surface area contributed by atoms with E-state index >= 15 is 0 Å². The van der Waals surface area contributed by atoms with Gasteiger partial charge >= 0.3 is 0 Å². The summed E-state index contributed by atoms with van der Waals surface area (Å²) >= 11 is 3.45. The van der Waals surface area contributed by atoms with Gasteiger partial charge in [-0.25, -0.2) is 0 Å². The van der Waals surface area contributed by atoms with Crippen LogP contribution in [0.1, 0.15) is 13.3 Å². The zero-order valence-electron chi connectivity index (χ0n) is 13.9. The highest BCUT2D eigenvalue weighted by molar-refractivity contribution is 9.10. The van der Waals surface area contributed by atoms with Crippen LogP contribution in [0, 0.1) is 5.92 Å². The molecular formula is C17H22BrN5O. The molecular weight excluding hydrogens is 370 g/mol. The number of allylic oxidation sites excluding steroid dienone is 1. The monoisotopic (exact) mass is 391 g/mol. The van der Waals surface area contributed by atoms with Crippen LogP contribution in [0.25, 0.3) is 0 Å². The smallest absolute Gasteiger partial charge is 0.273 e. The molecule has 3 heterocycles. The third-order valence-electron chi connectivity index (χ3n) is 5.12. The van der Waals surface area contributed by atoms with Crippen molar-refractivity contribution in [1.82, 2.24) is 14.8 Å². The van der Waals surface area contributed by atoms with Gasteiger partial charge in [-0.1, -0.05) is 6.08 Å². The largest absolute Gasteiger partial charge is 0.365 e. The molecule has 3 aliphatic rings. The first-order valence-electron chi connectivity index (χ1n) is 8.37. The summed E-state index contributed by atoms with van der Waals surface area (Å²) in [6.45, 7) is 5.27. The number of hydrogen-bond donors (Lipinski definition) is 2. The van der Waals surface area contributed by atoms with E-state index in [0.29, 0.717) is 17.6 Å². The molecule has 2 N–H and O–H groups in total. The Kier molecular flexibility index (Phi) is 3.80. The van der Waals surface area contributed by atoms with Crippen molar-refractivity contribution in [1.29, 1.82) is 0 Å². The molecule has 3 atom stereocenters. The van der Waals surface area contributed by atoms with Crippen molar-refractivity contribution in [3.8, 4) is 0 Å². The van der Waals surface area contributed by atoms with E-state index in [2.05, 4.69) is 44.5 Å². The van der Waals surface area contributed by atoms with E-state index in [9.17, 15) is 4.79 Å². The molecule has 1 saturated heterocycles. The van der Waals surface area contributed by atoms with E-state index in [1.807, 2.05) is 12.3 Å². The zero-order valence-corrected chi connectivity index (χ0v) is 15.5. The van der Waals surface area contributed by atoms with Crippen molar-refractivity contribution in [3.63, 3.8) is 0 Å². The van der Waals surface area contributed by atoms with Crippen molar-refractivity contribution < 1.29 is 0 Å². The average molecular weight is 392 g/mol. The third-order valence-corrected chi connectivity index (χ3v) is 5.55. The summed E-state index contributed by atoms with van der Waals surface area (Å²) in [5.74, 6) is 0.350. The van der Waals surface area contributed by atoms with Gasteiger partial charge in [-0.2, -0.15) is 0 Å². The fourth-order valence-electron chi connectivity index (χ4n) is 3.62. The molecule has 2 fully saturated rings. The normalized spacial score (nSPS) is 31.5. The molecule has 2 aliphatic heterocycles. The Hall–Kier alpha value is -1.60. The number of nitrogens with zero attached hydrogens (tertiary/aromatic N) is 3. The highest BCUT2D eigenvalue weighted by Gasteiger charge is 2.55. The molecule has 0 spiro atoms. The van der Waals surface area contributed by atoms with Crippen LogP contribution in [-0.2, 0) is 7.05 Å². The van der Waals surface area contributed by atoms with Crippen LogP contribution in [0.4, 0.5) is 5.69 Å². The Balaban J connectivity index is 1.53. The number of aromatic nitrogens is 1. The van der Waals surface area contributed by atoms with Crippen LogP contribution in [0.2, 0.25) is 0 Å². The lowest BCUT2D eigenvalue weighted by Gasteiger charge is -2.37. The minimum absolute atomic E-state index is 0.0288. The number of pyridine rings is 1. The maximum Gasteiger partial charge on any atom is 0.273 e. The van der Waals surface area contributed by atoms with Gasteiger partial charge in [0.05, 0.1) is 5.70 Å². The van der Waals surface area contributed by atoms with Gasteiger partial charge in [-0.05, 0) is 28.9 Å². The third kappa shape index (κ3) is 2.69. The van der Waals surface area contributed by atoms with Crippen molar-refractivity contribution >= 4 is 27.8 Å². The van der Waals surface area contributed by atoms with Crippen LogP contribution in [-0.4, -0.2) is 47.0 Å². The predicted molar refractivity (Wildman–Crippen MR) is 99.5 cm³/mol. The van der Waals surface area contributed by atoms with Gasteiger partial charge in [0, 0.05) is 61.9 Å². The van der Waals surface area contributed by atoms with Crippen molar-refractivity contribution in [3.05, 3.63) is 38.9 Å². The number of piperazine rings is 1. The van der Waals surface area contributed by atoms with E-state index in [1.54, 1.807) is 17.8 Å². The number of aryl methyl sites for hydroxylation is 1. The molecule has 0 bridgehead atoms. The Labute approximate surface area is 149 Å². The summed E-state index contributed by atoms with van der Waals surface area (Å²) in [5, 5.41) is 6.79. The lowest BCUT2D eigenvalue weighted by Crippen LogP contribution is -2.49. The molecule has 7 heteroatoms. The minimum atomic E-state index is -0.340. The van der Waals surface area contributed by atoms with Crippen LogP contribution in [0.3, 0.4) is 0 Å². The molecule has 1 saturated carbocycles. The van der Waals surface area contributed by atoms with Crippen molar-refractivity contribution in [2.45, 2.75) is 25.0 Å². The van der Waals surface area contributed by atoms with Gasteiger partial charge in [0.2, 0.25) is 0 Å². The molecule has 0 radical (unpaired) electrons. The summed E-state index contributed by atoms with van der Waals surface area (Å²) in [5.41, 5.74) is 1.44. The lowest BCUT2D eigenvalue weighted by atomic mass is 10.1. The van der Waals surface area contributed by atoms with E-state index < -0.39 is 0 Å². The second-order valence-electron chi connectivity index (χ2n) is 6.94. The molecule has 24 heavy (non-hydrogen) atoms. The standard InChI is InChI=1S/C17H22BrN5O/c1-11-8-19-3-4-23(11)14-5-12-7-17(12,20-9-14)21-15-6-13(18)10-22(2)16(15)24/h5-6,9-12,19,21H,3-4,7-8H2,1-2H3/t11-,12?,17?/m1/s1. The van der Waals surface area contributed by atoms with Gasteiger partial charge in [0.25, 0.3) is 5.56 Å². The van der Waals surface area contributed by atoms with E-state index in [4.69, 9.17) is 4.99 Å². The van der Waals surface area contributed by atoms with E-state index in [1.165, 1.54) is 5.70 Å². The lowest BCUT2D eigenvalue weighted by molar-refractivity contribution is 0.233. The SMILES string of the molecule is C[C@@H]1CNCCN1C1=CC2CC2(Nc2cc(Br)cn(C)c2=O)N=C1. The van der Waals surface area contributed by atoms with Crippen LogP contribution < -0.4 is 16.2 Å². The molecule has 6 nitrogen and oxygen atoms in total. The molecule has 1 aliphatic carbocycles. The Morgan fingerprint density at radius 2 is 2.33 bits per heavy atom. The molecule has 4 rings (SSSR count). The summed E-state index contributed by atoms with van der Waals surface area (Å²) < 4.78 is 2.46. The molecule has 1 aromatic heterocycles. The first-order chi connectivity index (χ1) is 11.5. The van der Waals surface area contributed by atoms with Gasteiger partial charge in [-0.3, -0.25) is 9.79 Å². The summed E-state index contributed by atoms with van der Waals surface area (Å²) in [7, 11) is 1.76. The van der Waals surface area contributed by atoms with Gasteiger partial charge in [0.1, 0.15) is 11.4 Å². The number of nitrogens with one attached hydrogen (secondary N) is 2. The summed E-state index contributed by atoms with van der Waals surface area (Å²) in [4.78, 5) is 19.5. The van der Waals surface area contributed by atoms with Crippen molar-refractivity contribution in [2.24, 2.45) is 18.0 Å². The second kappa shape index (κ2) is 5.74. The average Bonchev–Trinajstić information content (AvgIpc) is 3.25. The number of hydrogen-bond acceptors (Lipinski definition) is 5. The second-order valence-corrected chi connectivity index (χ2v) is 7.86. The number of aliphatic imine (C=N–C) groups is 1. The fourth-order valence-corrected chi connectivity index (χ4v) is 4.15. The van der Waals surface area contributed by atoms with Crippen molar-refractivity contribution in [2.75, 3.05) is 25.0 Å². The number of halogens is 1. The topological polar surface area (TPSA) is 61.7 Å². The zero-order chi connectivity index (χ0) is 16.9. The predicted octanol–water partition coefficient (Wildman–Crippen LogP) is 1.54. The maximum absolute atomic E-state index is 12.3. The van der Waals surface area contributed by atoms with E-state index in [-0.39, 0.29) is 11.2 Å². The van der Waals surface area contributed by atoms with Crippen LogP contribution in [0.5, 0.6) is 0 Å². The van der Waals surface area contributed by atoms with E-state index in [0.717, 1.165) is 30.5 Å². The first kappa shape index (κ1) is 15.9. The summed E-state index contributed by atoms with van der Waals surface area (Å²) in [6, 6.07) is 2.31. The highest BCUT2D eigenvalue weighted by Crippen LogP contribution is 2.50. The van der Waals surface area contributed by atoms with Crippen LogP contribution in [0.15, 0.2) is 38.3 Å². The number of anilines is 1. The minimum Gasteiger partial charge on any atom is -0.365 e. The fraction of sp³-hybridized carbons (Fsp3) is 0.529. The molecule has 0 amide bonds. The Morgan fingerprint density at radius 1 is 1.50 bits per heavy atom. The molecule has 128 valence electrons. The van der Waals surface area contributed by atoms with Gasteiger partial charge in [-0.15, -0.1) is 0 Å². The molecule has 0 aromatic carbocycles. The number of rotatable bonds is 3. The summed E-state index contributed by atoms with van der Waals surface area (Å²) in [6.07, 6.45) is 6.98. The highest BCUT2D eigenvalue weighted by atomic mass is 79.9. The Morgan fingerprint density at radius 3 is 3.08 bits per heavy atom. The van der Waals surface area contributed by atoms with Gasteiger partial charge < -0.3 is 20.1 Å². The molecule has 2 unspecified atom stereocenters. The molecule has 1 aromatic rings. The maximum atomic E-state index is 12.3. The quantitative estimate of drug-likeness (QED) is 0.820.